The van der Waals surface area contributed by atoms with Gasteiger partial charge in [0.25, 0.3) is 0 Å². The average Bonchev–Trinajstić information content (AvgIpc) is 3.59. The van der Waals surface area contributed by atoms with Crippen molar-refractivity contribution in [2.45, 2.75) is 64.3 Å². The van der Waals surface area contributed by atoms with Crippen LogP contribution in [0, 0.1) is 17.8 Å². The van der Waals surface area contributed by atoms with Crippen molar-refractivity contribution in [3.63, 3.8) is 0 Å². The molecule has 6 nitrogen and oxygen atoms in total. The van der Waals surface area contributed by atoms with Gasteiger partial charge in [0.1, 0.15) is 5.75 Å². The van der Waals surface area contributed by atoms with Crippen molar-refractivity contribution in [2.75, 3.05) is 7.11 Å². The molecular weight excluding hydrogens is 474 g/mol. The second kappa shape index (κ2) is 10.1. The van der Waals surface area contributed by atoms with E-state index in [2.05, 4.69) is 41.8 Å². The van der Waals surface area contributed by atoms with Crippen LogP contribution in [0.2, 0.25) is 0 Å². The molecule has 2 amide bonds. The molecule has 196 valence electrons. The number of nitrogens with zero attached hydrogens (tertiary/aromatic N) is 1. The Morgan fingerprint density at radius 2 is 2.00 bits per heavy atom. The Kier molecular flexibility index (Phi) is 6.79. The summed E-state index contributed by atoms with van der Waals surface area (Å²) in [5, 5.41) is 4.05. The van der Waals surface area contributed by atoms with E-state index < -0.39 is 11.3 Å². The molecule has 38 heavy (non-hydrogen) atoms. The van der Waals surface area contributed by atoms with Gasteiger partial charge in [-0.15, -0.1) is 6.42 Å². The molecule has 0 spiro atoms. The minimum absolute atomic E-state index is 0.0461. The highest BCUT2D eigenvalue weighted by Gasteiger charge is 2.62. The monoisotopic (exact) mass is 509 g/mol. The lowest BCUT2D eigenvalue weighted by Crippen LogP contribution is -2.32. The Morgan fingerprint density at radius 1 is 1.24 bits per heavy atom. The van der Waals surface area contributed by atoms with E-state index in [9.17, 15) is 9.59 Å². The molecule has 2 aromatic carbocycles. The number of hydrogen-bond donors (Lipinski definition) is 2. The van der Waals surface area contributed by atoms with Gasteiger partial charge in [0.15, 0.2) is 0 Å². The van der Waals surface area contributed by atoms with Crippen LogP contribution in [-0.2, 0) is 11.3 Å². The number of primary amides is 1. The molecule has 6 heteroatoms. The van der Waals surface area contributed by atoms with Gasteiger partial charge < -0.3 is 20.4 Å². The van der Waals surface area contributed by atoms with Gasteiger partial charge >= 0.3 is 0 Å². The number of nitrogens with one attached hydrogen (secondary N) is 1. The lowest BCUT2D eigenvalue weighted by molar-refractivity contribution is -0.126. The van der Waals surface area contributed by atoms with E-state index in [1.165, 1.54) is 17.8 Å². The Hall–Kier alpha value is -3.98. The second-order valence-corrected chi connectivity index (χ2v) is 10.6. The molecule has 2 heterocycles. The fraction of sp³-hybridized carbons (Fsp3) is 0.375. The van der Waals surface area contributed by atoms with Gasteiger partial charge in [0.05, 0.1) is 18.2 Å². The zero-order valence-electron chi connectivity index (χ0n) is 22.3. The molecule has 2 unspecified atom stereocenters. The number of nitrogens with two attached hydrogens (primary N) is 1. The Labute approximate surface area is 224 Å². The fourth-order valence-corrected chi connectivity index (χ4v) is 6.50. The third-order valence-corrected chi connectivity index (χ3v) is 8.32. The Bertz CT molecular complexity index is 1490. The number of rotatable bonds is 9. The number of carbonyl (C=O) groups is 2. The zero-order chi connectivity index (χ0) is 27.0. The summed E-state index contributed by atoms with van der Waals surface area (Å²) in [6.45, 7) is 4.95. The number of allylic oxidation sites excluding steroid dienone is 1. The number of benzene rings is 2. The molecule has 1 aliphatic carbocycles. The van der Waals surface area contributed by atoms with Gasteiger partial charge in [-0.05, 0) is 66.6 Å². The summed E-state index contributed by atoms with van der Waals surface area (Å²) in [7, 11) is 1.67. The molecule has 0 radical (unpaired) electrons. The van der Waals surface area contributed by atoms with Crippen molar-refractivity contribution in [2.24, 2.45) is 11.1 Å². The first-order chi connectivity index (χ1) is 18.4. The molecule has 1 saturated carbocycles. The number of carbonyl (C=O) groups excluding carboxylic acids is 2. The summed E-state index contributed by atoms with van der Waals surface area (Å²) in [4.78, 5) is 25.9. The number of methoxy groups -OCH3 is 1. The molecular formula is C32H35N3O3. The highest BCUT2D eigenvalue weighted by molar-refractivity contribution is 6.01. The summed E-state index contributed by atoms with van der Waals surface area (Å²) < 4.78 is 7.89. The molecule has 5 rings (SSSR count). The van der Waals surface area contributed by atoms with E-state index in [4.69, 9.17) is 16.9 Å². The van der Waals surface area contributed by atoms with Crippen LogP contribution in [0.25, 0.3) is 22.2 Å². The van der Waals surface area contributed by atoms with E-state index in [-0.39, 0.29) is 11.8 Å². The van der Waals surface area contributed by atoms with E-state index in [1.54, 1.807) is 7.11 Å². The van der Waals surface area contributed by atoms with Gasteiger partial charge in [-0.2, -0.15) is 0 Å². The minimum atomic E-state index is -0.637. The molecule has 1 aromatic heterocycles. The van der Waals surface area contributed by atoms with Crippen LogP contribution in [0.15, 0.2) is 48.7 Å². The third kappa shape index (κ3) is 4.07. The summed E-state index contributed by atoms with van der Waals surface area (Å²) in [5.41, 5.74) is 11.2. The van der Waals surface area contributed by atoms with E-state index >= 15 is 0 Å². The standard InChI is InChI=1S/C32H35N3O3/c1-5-8-15-34-31(37)32-18-26(32)25-17-22(38-4)12-14-23(25)29-28(20(9-6-2)10-7-3)24-13-11-21(30(33)36)16-27(24)35(29)19-32/h1,8,11-17,20,26H,6-7,9-10,18-19H2,2-4H3,(H2,33,36)(H,34,37)/b15-8-. The molecule has 1 fully saturated rings. The van der Waals surface area contributed by atoms with Crippen LogP contribution in [0.4, 0.5) is 0 Å². The van der Waals surface area contributed by atoms with Gasteiger partial charge in [-0.3, -0.25) is 9.59 Å². The zero-order valence-corrected chi connectivity index (χ0v) is 22.3. The number of fused-ring (bicyclic) bond motifs is 7. The van der Waals surface area contributed by atoms with E-state index in [0.717, 1.165) is 65.6 Å². The predicted molar refractivity (Wildman–Crippen MR) is 151 cm³/mol. The third-order valence-electron chi connectivity index (χ3n) is 8.32. The van der Waals surface area contributed by atoms with Crippen LogP contribution in [0.1, 0.15) is 79.3 Å². The second-order valence-electron chi connectivity index (χ2n) is 10.6. The molecule has 0 saturated heterocycles. The molecule has 2 aliphatic rings. The first-order valence-corrected chi connectivity index (χ1v) is 13.5. The average molecular weight is 510 g/mol. The van der Waals surface area contributed by atoms with Gasteiger partial charge in [0, 0.05) is 46.8 Å². The maximum atomic E-state index is 13.7. The quantitative estimate of drug-likeness (QED) is 0.355. The Balaban J connectivity index is 1.82. The number of terminal acetylenes is 1. The fourth-order valence-electron chi connectivity index (χ4n) is 6.50. The predicted octanol–water partition coefficient (Wildman–Crippen LogP) is 5.85. The van der Waals surface area contributed by atoms with E-state index in [0.29, 0.717) is 18.0 Å². The smallest absolute Gasteiger partial charge is 0.248 e. The van der Waals surface area contributed by atoms with Crippen LogP contribution in [-0.4, -0.2) is 23.5 Å². The van der Waals surface area contributed by atoms with Gasteiger partial charge in [-0.25, -0.2) is 0 Å². The molecule has 2 atom stereocenters. The largest absolute Gasteiger partial charge is 0.497 e. The number of amides is 2. The SMILES string of the molecule is C#C/C=C\NC(=O)C12CC1c1cc(OC)ccc1-c1c(C(CCC)CCC)c3ccc(C(N)=O)cc3n1C2. The summed E-state index contributed by atoms with van der Waals surface area (Å²) in [6, 6.07) is 12.0. The first-order valence-electron chi connectivity index (χ1n) is 13.5. The summed E-state index contributed by atoms with van der Waals surface area (Å²) >= 11 is 0. The normalized spacial score (nSPS) is 19.4. The van der Waals surface area contributed by atoms with Crippen molar-refractivity contribution in [1.82, 2.24) is 9.88 Å². The lowest BCUT2D eigenvalue weighted by Gasteiger charge is -2.20. The summed E-state index contributed by atoms with van der Waals surface area (Å²) in [6.07, 6.45) is 13.4. The first kappa shape index (κ1) is 25.7. The molecule has 3 aromatic rings. The molecule has 0 bridgehead atoms. The van der Waals surface area contributed by atoms with Crippen molar-refractivity contribution in [3.8, 4) is 29.4 Å². The number of aromatic nitrogens is 1. The number of hydrogen-bond acceptors (Lipinski definition) is 3. The van der Waals surface area contributed by atoms with Crippen LogP contribution in [0.3, 0.4) is 0 Å². The number of ether oxygens (including phenoxy) is 1. The van der Waals surface area contributed by atoms with Crippen molar-refractivity contribution >= 4 is 22.7 Å². The minimum Gasteiger partial charge on any atom is -0.497 e. The van der Waals surface area contributed by atoms with Crippen LogP contribution in [0.5, 0.6) is 5.75 Å². The highest BCUT2D eigenvalue weighted by atomic mass is 16.5. The maximum absolute atomic E-state index is 13.7. The molecule has 1 aliphatic heterocycles. The van der Waals surface area contributed by atoms with Gasteiger partial charge in [0.2, 0.25) is 11.8 Å². The Morgan fingerprint density at radius 3 is 2.66 bits per heavy atom. The van der Waals surface area contributed by atoms with Crippen LogP contribution >= 0.6 is 0 Å². The topological polar surface area (TPSA) is 86.3 Å². The van der Waals surface area contributed by atoms with Crippen molar-refractivity contribution in [1.29, 1.82) is 0 Å². The van der Waals surface area contributed by atoms with Crippen molar-refractivity contribution < 1.29 is 14.3 Å². The molecule has 3 N–H and O–H groups in total. The summed E-state index contributed by atoms with van der Waals surface area (Å²) in [5.74, 6) is 3.10. The highest BCUT2D eigenvalue weighted by Crippen LogP contribution is 2.65. The van der Waals surface area contributed by atoms with Crippen molar-refractivity contribution in [3.05, 3.63) is 65.4 Å². The van der Waals surface area contributed by atoms with Crippen LogP contribution < -0.4 is 15.8 Å². The van der Waals surface area contributed by atoms with E-state index in [1.807, 2.05) is 24.3 Å². The maximum Gasteiger partial charge on any atom is 0.248 e. The van der Waals surface area contributed by atoms with Gasteiger partial charge in [-0.1, -0.05) is 38.7 Å². The lowest BCUT2D eigenvalue weighted by atomic mass is 9.85.